The number of hydrogen-bond acceptors (Lipinski definition) is 4. The van der Waals surface area contributed by atoms with E-state index >= 15 is 0 Å². The summed E-state index contributed by atoms with van der Waals surface area (Å²) in [6.07, 6.45) is 1.73. The van der Waals surface area contributed by atoms with Crippen LogP contribution < -0.4 is 11.3 Å². The fourth-order valence-corrected chi connectivity index (χ4v) is 2.84. The van der Waals surface area contributed by atoms with E-state index in [4.69, 9.17) is 5.84 Å². The van der Waals surface area contributed by atoms with Crippen molar-refractivity contribution in [2.45, 2.75) is 26.7 Å². The molecule has 1 aromatic carbocycles. The molecule has 0 aliphatic carbocycles. The number of aromatic nitrogens is 1. The number of hydrogen-bond donors (Lipinski definition) is 2. The molecular formula is C14H17N3OS. The second-order valence-corrected chi connectivity index (χ2v) is 5.38. The highest BCUT2D eigenvalue weighted by atomic mass is 32.1. The first-order valence-electron chi connectivity index (χ1n) is 6.23. The molecule has 3 N–H and O–H groups in total. The van der Waals surface area contributed by atoms with Crippen LogP contribution in [0.1, 0.15) is 34.3 Å². The monoisotopic (exact) mass is 275 g/mol. The molecule has 0 radical (unpaired) electrons. The summed E-state index contributed by atoms with van der Waals surface area (Å²) in [6, 6.07) is 8.12. The Morgan fingerprint density at radius 1 is 1.37 bits per heavy atom. The van der Waals surface area contributed by atoms with E-state index in [9.17, 15) is 4.79 Å². The number of benzene rings is 1. The van der Waals surface area contributed by atoms with Gasteiger partial charge in [-0.25, -0.2) is 10.8 Å². The van der Waals surface area contributed by atoms with Gasteiger partial charge in [0.25, 0.3) is 5.91 Å². The van der Waals surface area contributed by atoms with Gasteiger partial charge in [0.1, 0.15) is 9.88 Å². The Bertz CT molecular complexity index is 575. The molecule has 1 aromatic heterocycles. The van der Waals surface area contributed by atoms with Crippen molar-refractivity contribution in [3.8, 4) is 10.6 Å². The summed E-state index contributed by atoms with van der Waals surface area (Å²) in [7, 11) is 0. The van der Waals surface area contributed by atoms with Crippen LogP contribution >= 0.6 is 11.3 Å². The van der Waals surface area contributed by atoms with E-state index in [1.165, 1.54) is 16.9 Å². The summed E-state index contributed by atoms with van der Waals surface area (Å²) in [5.74, 6) is 4.95. The van der Waals surface area contributed by atoms with Crippen molar-refractivity contribution in [2.24, 2.45) is 5.84 Å². The number of nitrogens with one attached hydrogen (secondary N) is 1. The highest BCUT2D eigenvalue weighted by Gasteiger charge is 2.17. The zero-order valence-corrected chi connectivity index (χ0v) is 11.9. The molecule has 2 aromatic rings. The van der Waals surface area contributed by atoms with Gasteiger partial charge in [-0.3, -0.25) is 10.2 Å². The molecule has 0 saturated heterocycles. The molecule has 0 unspecified atom stereocenters. The maximum Gasteiger partial charge on any atom is 0.277 e. The van der Waals surface area contributed by atoms with E-state index in [-0.39, 0.29) is 5.91 Å². The molecule has 19 heavy (non-hydrogen) atoms. The van der Waals surface area contributed by atoms with Crippen molar-refractivity contribution in [3.05, 3.63) is 40.4 Å². The molecular weight excluding hydrogens is 258 g/mol. The van der Waals surface area contributed by atoms with Gasteiger partial charge in [0.15, 0.2) is 0 Å². The number of carbonyl (C=O) groups excluding carboxylic acids is 1. The Labute approximate surface area is 116 Å². The number of nitrogen functional groups attached to an aromatic ring is 1. The molecule has 4 nitrogen and oxygen atoms in total. The Hall–Kier alpha value is -1.72. The molecule has 0 aliphatic rings. The van der Waals surface area contributed by atoms with Gasteiger partial charge in [-0.15, -0.1) is 11.3 Å². The summed E-state index contributed by atoms with van der Waals surface area (Å²) in [4.78, 5) is 16.9. The first kappa shape index (κ1) is 13.7. The minimum atomic E-state index is -0.265. The Kier molecular flexibility index (Phi) is 4.29. The van der Waals surface area contributed by atoms with E-state index in [1.54, 1.807) is 0 Å². The maximum absolute atomic E-state index is 11.7. The lowest BCUT2D eigenvalue weighted by atomic mass is 10.1. The predicted molar refractivity (Wildman–Crippen MR) is 77.9 cm³/mol. The zero-order chi connectivity index (χ0) is 13.8. The Morgan fingerprint density at radius 2 is 2.05 bits per heavy atom. The lowest BCUT2D eigenvalue weighted by molar-refractivity contribution is 0.0956. The number of thiazole rings is 1. The van der Waals surface area contributed by atoms with Crippen molar-refractivity contribution < 1.29 is 4.79 Å². The lowest BCUT2D eigenvalue weighted by Crippen LogP contribution is -2.30. The molecule has 5 heteroatoms. The topological polar surface area (TPSA) is 68.0 Å². The molecule has 0 aliphatic heterocycles. The summed E-state index contributed by atoms with van der Waals surface area (Å²) >= 11 is 1.39. The number of hydrazine groups is 1. The van der Waals surface area contributed by atoms with Crippen LogP contribution in [-0.4, -0.2) is 10.9 Å². The molecule has 0 fully saturated rings. The van der Waals surface area contributed by atoms with E-state index in [0.29, 0.717) is 4.88 Å². The van der Waals surface area contributed by atoms with E-state index in [0.717, 1.165) is 29.1 Å². The normalized spacial score (nSPS) is 10.5. The third-order valence-corrected chi connectivity index (χ3v) is 3.97. The smallest absolute Gasteiger partial charge is 0.277 e. The van der Waals surface area contributed by atoms with Gasteiger partial charge in [-0.2, -0.15) is 0 Å². The predicted octanol–water partition coefficient (Wildman–Crippen LogP) is 2.67. The fourth-order valence-electron chi connectivity index (χ4n) is 1.82. The largest absolute Gasteiger partial charge is 0.289 e. The van der Waals surface area contributed by atoms with Crippen LogP contribution in [-0.2, 0) is 6.42 Å². The molecule has 1 heterocycles. The highest BCUT2D eigenvalue weighted by molar-refractivity contribution is 7.17. The van der Waals surface area contributed by atoms with E-state index in [1.807, 2.05) is 31.2 Å². The van der Waals surface area contributed by atoms with Gasteiger partial charge in [0.05, 0.1) is 5.69 Å². The summed E-state index contributed by atoms with van der Waals surface area (Å²) in [5.41, 5.74) is 5.24. The van der Waals surface area contributed by atoms with Crippen molar-refractivity contribution in [1.82, 2.24) is 10.4 Å². The molecule has 1 amide bonds. The number of nitrogens with two attached hydrogens (primary N) is 1. The van der Waals surface area contributed by atoms with Gasteiger partial charge in [0.2, 0.25) is 0 Å². The first-order valence-corrected chi connectivity index (χ1v) is 7.05. The quantitative estimate of drug-likeness (QED) is 0.512. The number of nitrogens with zero attached hydrogens (tertiary/aromatic N) is 1. The van der Waals surface area contributed by atoms with E-state index < -0.39 is 0 Å². The summed E-state index contributed by atoms with van der Waals surface area (Å²) < 4.78 is 0. The lowest BCUT2D eigenvalue weighted by Gasteiger charge is -1.97. The standard InChI is InChI=1S/C14H17N3OS/c1-3-4-11-12(13(18)17-15)19-14(16-11)10-7-5-9(2)6-8-10/h5-8H,3-4,15H2,1-2H3,(H,17,18). The minimum Gasteiger partial charge on any atom is -0.289 e. The van der Waals surface area contributed by atoms with Crippen LogP contribution in [0, 0.1) is 6.92 Å². The van der Waals surface area contributed by atoms with Gasteiger partial charge in [-0.1, -0.05) is 43.2 Å². The number of carbonyl (C=O) groups is 1. The second kappa shape index (κ2) is 5.95. The third kappa shape index (κ3) is 3.00. The minimum absolute atomic E-state index is 0.265. The molecule has 0 bridgehead atoms. The molecule has 100 valence electrons. The van der Waals surface area contributed by atoms with Crippen LogP contribution in [0.4, 0.5) is 0 Å². The summed E-state index contributed by atoms with van der Waals surface area (Å²) in [5, 5.41) is 0.863. The van der Waals surface area contributed by atoms with Crippen LogP contribution in [0.15, 0.2) is 24.3 Å². The average Bonchev–Trinajstić information content (AvgIpc) is 2.83. The van der Waals surface area contributed by atoms with Crippen LogP contribution in [0.3, 0.4) is 0 Å². The third-order valence-electron chi connectivity index (χ3n) is 2.82. The van der Waals surface area contributed by atoms with E-state index in [2.05, 4.69) is 17.3 Å². The summed E-state index contributed by atoms with van der Waals surface area (Å²) in [6.45, 7) is 4.11. The SMILES string of the molecule is CCCc1nc(-c2ccc(C)cc2)sc1C(=O)NN. The van der Waals surface area contributed by atoms with Crippen molar-refractivity contribution in [3.63, 3.8) is 0 Å². The molecule has 0 atom stereocenters. The Balaban J connectivity index is 2.41. The van der Waals surface area contributed by atoms with Gasteiger partial charge in [0, 0.05) is 5.56 Å². The van der Waals surface area contributed by atoms with Gasteiger partial charge in [-0.05, 0) is 13.3 Å². The highest BCUT2D eigenvalue weighted by Crippen LogP contribution is 2.29. The van der Waals surface area contributed by atoms with Crippen molar-refractivity contribution >= 4 is 17.2 Å². The fraction of sp³-hybridized carbons (Fsp3) is 0.286. The van der Waals surface area contributed by atoms with Crippen molar-refractivity contribution in [1.29, 1.82) is 0 Å². The van der Waals surface area contributed by atoms with Gasteiger partial charge < -0.3 is 0 Å². The Morgan fingerprint density at radius 3 is 2.63 bits per heavy atom. The van der Waals surface area contributed by atoms with Crippen LogP contribution in [0.2, 0.25) is 0 Å². The van der Waals surface area contributed by atoms with Crippen LogP contribution in [0.25, 0.3) is 10.6 Å². The number of rotatable bonds is 4. The van der Waals surface area contributed by atoms with Crippen molar-refractivity contribution in [2.75, 3.05) is 0 Å². The molecule has 0 spiro atoms. The van der Waals surface area contributed by atoms with Crippen LogP contribution in [0.5, 0.6) is 0 Å². The maximum atomic E-state index is 11.7. The number of aryl methyl sites for hydroxylation is 2. The number of amides is 1. The molecule has 0 saturated carbocycles. The molecule has 2 rings (SSSR count). The zero-order valence-electron chi connectivity index (χ0n) is 11.1. The second-order valence-electron chi connectivity index (χ2n) is 4.38. The first-order chi connectivity index (χ1) is 9.15. The average molecular weight is 275 g/mol. The van der Waals surface area contributed by atoms with Gasteiger partial charge >= 0.3 is 0 Å².